The molecule has 0 aromatic heterocycles. The van der Waals surface area contributed by atoms with E-state index in [2.05, 4.69) is 25.9 Å². The summed E-state index contributed by atoms with van der Waals surface area (Å²) in [6.07, 6.45) is 6.44. The lowest BCUT2D eigenvalue weighted by Gasteiger charge is -2.29. The molecule has 0 aromatic carbocycles. The summed E-state index contributed by atoms with van der Waals surface area (Å²) in [4.78, 5) is 4.57. The molecule has 3 nitrogen and oxygen atoms in total. The molecule has 0 spiro atoms. The molecule has 0 amide bonds. The molecule has 2 N–H and O–H groups in total. The molecular weight excluding hydrogens is 176 g/mol. The highest BCUT2D eigenvalue weighted by molar-refractivity contribution is 4.42. The Morgan fingerprint density at radius 2 is 1.64 bits per heavy atom. The molecular formula is C11H27N2O+. The van der Waals surface area contributed by atoms with Crippen LogP contribution in [0.1, 0.15) is 39.0 Å². The fourth-order valence-electron chi connectivity index (χ4n) is 1.65. The largest absolute Gasteiger partial charge is 0.328 e. The molecule has 86 valence electrons. The zero-order valence-corrected chi connectivity index (χ0v) is 10.1. The maximum atomic E-state index is 4.99. The second kappa shape index (κ2) is 8.21. The van der Waals surface area contributed by atoms with Gasteiger partial charge in [-0.1, -0.05) is 19.8 Å². The number of unbranched alkanes of at least 4 members (excludes halogenated alkanes) is 3. The minimum Gasteiger partial charge on any atom is -0.328 e. The quantitative estimate of drug-likeness (QED) is 0.353. The van der Waals surface area contributed by atoms with Crippen LogP contribution in [0.5, 0.6) is 0 Å². The summed E-state index contributed by atoms with van der Waals surface area (Å²) in [6.45, 7) is 5.35. The van der Waals surface area contributed by atoms with Crippen molar-refractivity contribution in [2.24, 2.45) is 5.90 Å². The molecule has 0 fully saturated rings. The van der Waals surface area contributed by atoms with Gasteiger partial charge in [0.15, 0.2) is 0 Å². The second-order valence-electron chi connectivity index (χ2n) is 4.67. The molecule has 0 radical (unpaired) electrons. The lowest BCUT2D eigenvalue weighted by molar-refractivity contribution is -0.890. The summed E-state index contributed by atoms with van der Waals surface area (Å²) in [6, 6.07) is 0. The van der Waals surface area contributed by atoms with E-state index in [1.807, 2.05) is 0 Å². The predicted octanol–water partition coefficient (Wildman–Crippen LogP) is 1.92. The first kappa shape index (κ1) is 13.9. The van der Waals surface area contributed by atoms with Crippen molar-refractivity contribution < 1.29 is 9.32 Å². The van der Waals surface area contributed by atoms with Crippen molar-refractivity contribution in [1.29, 1.82) is 0 Å². The molecule has 0 aromatic rings. The summed E-state index contributed by atoms with van der Waals surface area (Å²) in [7, 11) is 4.56. The number of rotatable bonds is 9. The molecule has 0 bridgehead atoms. The number of hydrogen-bond donors (Lipinski definition) is 1. The minimum absolute atomic E-state index is 0.677. The van der Waals surface area contributed by atoms with Crippen LogP contribution in [0.4, 0.5) is 0 Å². The highest BCUT2D eigenvalue weighted by Crippen LogP contribution is 2.06. The van der Waals surface area contributed by atoms with Crippen LogP contribution in [0.3, 0.4) is 0 Å². The first-order chi connectivity index (χ1) is 6.62. The van der Waals surface area contributed by atoms with Crippen molar-refractivity contribution in [2.45, 2.75) is 39.0 Å². The third-order valence-electron chi connectivity index (χ3n) is 2.64. The van der Waals surface area contributed by atoms with Crippen LogP contribution in [-0.2, 0) is 4.84 Å². The fraction of sp³-hybridized carbons (Fsp3) is 1.00. The van der Waals surface area contributed by atoms with Crippen molar-refractivity contribution >= 4 is 0 Å². The molecule has 0 unspecified atom stereocenters. The Balaban J connectivity index is 3.40. The third-order valence-corrected chi connectivity index (χ3v) is 2.64. The van der Waals surface area contributed by atoms with Gasteiger partial charge in [0.2, 0.25) is 0 Å². The Morgan fingerprint density at radius 1 is 1.00 bits per heavy atom. The van der Waals surface area contributed by atoms with Crippen molar-refractivity contribution in [3.05, 3.63) is 0 Å². The average Bonchev–Trinajstić information content (AvgIpc) is 2.13. The molecule has 0 rings (SSSR count). The van der Waals surface area contributed by atoms with Gasteiger partial charge in [-0.25, -0.2) is 5.90 Å². The van der Waals surface area contributed by atoms with Crippen molar-refractivity contribution in [3.63, 3.8) is 0 Å². The monoisotopic (exact) mass is 203 g/mol. The zero-order chi connectivity index (χ0) is 10.9. The summed E-state index contributed by atoms with van der Waals surface area (Å²) in [5.74, 6) is 4.99. The van der Waals surface area contributed by atoms with Crippen molar-refractivity contribution in [1.82, 2.24) is 0 Å². The molecule has 0 aliphatic rings. The van der Waals surface area contributed by atoms with Crippen LogP contribution >= 0.6 is 0 Å². The smallest absolute Gasteiger partial charge is 0.0805 e. The fourth-order valence-corrected chi connectivity index (χ4v) is 1.65. The van der Waals surface area contributed by atoms with E-state index < -0.39 is 0 Å². The Labute approximate surface area is 88.8 Å². The maximum absolute atomic E-state index is 4.99. The molecule has 0 heterocycles. The summed E-state index contributed by atoms with van der Waals surface area (Å²) in [5.41, 5.74) is 0. The standard InChI is InChI=1S/C11H27N2O/c1-4-5-6-7-9-13(2,3)10-8-11-14-12/h4-12H2,1-3H3/q+1. The predicted molar refractivity (Wildman–Crippen MR) is 60.7 cm³/mol. The molecule has 0 saturated heterocycles. The van der Waals surface area contributed by atoms with Gasteiger partial charge in [-0.3, -0.25) is 0 Å². The normalized spacial score (nSPS) is 12.0. The van der Waals surface area contributed by atoms with Crippen LogP contribution in [0.15, 0.2) is 0 Å². The van der Waals surface area contributed by atoms with Crippen LogP contribution in [0.2, 0.25) is 0 Å². The first-order valence-electron chi connectivity index (χ1n) is 5.76. The SMILES string of the molecule is CCCCCC[N+](C)(C)CCCON. The topological polar surface area (TPSA) is 35.2 Å². The summed E-state index contributed by atoms with van der Waals surface area (Å²) in [5, 5.41) is 0. The van der Waals surface area contributed by atoms with Gasteiger partial charge in [0, 0.05) is 6.42 Å². The van der Waals surface area contributed by atoms with E-state index in [0.29, 0.717) is 6.61 Å². The van der Waals surface area contributed by atoms with Crippen molar-refractivity contribution in [2.75, 3.05) is 33.8 Å². The summed E-state index contributed by atoms with van der Waals surface area (Å²) < 4.78 is 1.09. The van der Waals surface area contributed by atoms with Gasteiger partial charge in [-0.2, -0.15) is 0 Å². The first-order valence-corrected chi connectivity index (χ1v) is 5.76. The third kappa shape index (κ3) is 8.48. The molecule has 0 aliphatic carbocycles. The van der Waals surface area contributed by atoms with Gasteiger partial charge >= 0.3 is 0 Å². The Kier molecular flexibility index (Phi) is 8.14. The van der Waals surface area contributed by atoms with Gasteiger partial charge < -0.3 is 9.32 Å². The lowest BCUT2D eigenvalue weighted by atomic mass is 10.2. The van der Waals surface area contributed by atoms with Gasteiger partial charge in [0.1, 0.15) is 0 Å². The van der Waals surface area contributed by atoms with Gasteiger partial charge in [-0.05, 0) is 12.8 Å². The van der Waals surface area contributed by atoms with Gasteiger partial charge in [-0.15, -0.1) is 0 Å². The van der Waals surface area contributed by atoms with Gasteiger partial charge in [0.25, 0.3) is 0 Å². The summed E-state index contributed by atoms with van der Waals surface area (Å²) >= 11 is 0. The zero-order valence-electron chi connectivity index (χ0n) is 10.1. The maximum Gasteiger partial charge on any atom is 0.0805 e. The van der Waals surface area contributed by atoms with E-state index in [4.69, 9.17) is 5.90 Å². The minimum atomic E-state index is 0.677. The van der Waals surface area contributed by atoms with E-state index in [1.54, 1.807) is 0 Å². The molecule has 0 saturated carbocycles. The van der Waals surface area contributed by atoms with Crippen LogP contribution < -0.4 is 5.90 Å². The van der Waals surface area contributed by atoms with E-state index in [1.165, 1.54) is 32.2 Å². The number of nitrogens with zero attached hydrogens (tertiary/aromatic N) is 1. The van der Waals surface area contributed by atoms with Crippen LogP contribution in [0.25, 0.3) is 0 Å². The second-order valence-corrected chi connectivity index (χ2v) is 4.67. The van der Waals surface area contributed by atoms with E-state index >= 15 is 0 Å². The van der Waals surface area contributed by atoms with E-state index in [9.17, 15) is 0 Å². The average molecular weight is 203 g/mol. The highest BCUT2D eigenvalue weighted by atomic mass is 16.6. The van der Waals surface area contributed by atoms with E-state index in [-0.39, 0.29) is 0 Å². The van der Waals surface area contributed by atoms with Crippen LogP contribution in [-0.4, -0.2) is 38.3 Å². The highest BCUT2D eigenvalue weighted by Gasteiger charge is 2.13. The molecule has 0 atom stereocenters. The molecule has 14 heavy (non-hydrogen) atoms. The number of nitrogens with two attached hydrogens (primary N) is 1. The van der Waals surface area contributed by atoms with Crippen LogP contribution in [0, 0.1) is 0 Å². The van der Waals surface area contributed by atoms with Crippen molar-refractivity contribution in [3.8, 4) is 0 Å². The Bertz CT molecular complexity index is 126. The Hall–Kier alpha value is -0.120. The van der Waals surface area contributed by atoms with Gasteiger partial charge in [0.05, 0.1) is 33.8 Å². The number of hydrogen-bond acceptors (Lipinski definition) is 2. The molecule has 0 aliphatic heterocycles. The van der Waals surface area contributed by atoms with E-state index in [0.717, 1.165) is 17.4 Å². The lowest BCUT2D eigenvalue weighted by Crippen LogP contribution is -2.41. The molecule has 3 heteroatoms. The Morgan fingerprint density at radius 3 is 2.21 bits per heavy atom. The number of quaternary nitrogens is 1.